The summed E-state index contributed by atoms with van der Waals surface area (Å²) in [5.74, 6) is -0.250. The summed E-state index contributed by atoms with van der Waals surface area (Å²) in [5, 5.41) is 3.33. The van der Waals surface area contributed by atoms with Gasteiger partial charge in [-0.3, -0.25) is 9.59 Å². The van der Waals surface area contributed by atoms with Crippen LogP contribution in [0.25, 0.3) is 0 Å². The third-order valence-corrected chi connectivity index (χ3v) is 5.04. The van der Waals surface area contributed by atoms with Crippen molar-refractivity contribution < 1.29 is 4.79 Å². The first-order valence-electron chi connectivity index (χ1n) is 9.49. The number of pyridine rings is 1. The van der Waals surface area contributed by atoms with Gasteiger partial charge in [0.2, 0.25) is 0 Å². The number of hydrogen-bond acceptors (Lipinski definition) is 3. The molecule has 0 saturated carbocycles. The van der Waals surface area contributed by atoms with Gasteiger partial charge in [-0.15, -0.1) is 0 Å². The van der Waals surface area contributed by atoms with Gasteiger partial charge in [-0.25, -0.2) is 0 Å². The summed E-state index contributed by atoms with van der Waals surface area (Å²) in [6.45, 7) is 4.40. The van der Waals surface area contributed by atoms with E-state index in [1.807, 2.05) is 49.4 Å². The Morgan fingerprint density at radius 1 is 1.07 bits per heavy atom. The number of para-hydroxylation sites is 1. The van der Waals surface area contributed by atoms with Crippen LogP contribution in [0.1, 0.15) is 27.0 Å². The van der Waals surface area contributed by atoms with Crippen LogP contribution in [-0.2, 0) is 13.1 Å². The number of nitrogens with one attached hydrogen (secondary N) is 1. The Morgan fingerprint density at radius 2 is 1.93 bits per heavy atom. The summed E-state index contributed by atoms with van der Waals surface area (Å²) in [6, 6.07) is 19.3. The molecule has 28 heavy (non-hydrogen) atoms. The summed E-state index contributed by atoms with van der Waals surface area (Å²) in [5.41, 5.74) is 4.05. The highest BCUT2D eigenvalue weighted by molar-refractivity contribution is 6.06. The van der Waals surface area contributed by atoms with Crippen LogP contribution in [0.2, 0.25) is 0 Å². The summed E-state index contributed by atoms with van der Waals surface area (Å²) >= 11 is 0. The average molecular weight is 373 g/mol. The van der Waals surface area contributed by atoms with Crippen molar-refractivity contribution in [3.05, 3.63) is 99.5 Å². The van der Waals surface area contributed by atoms with Gasteiger partial charge in [0, 0.05) is 31.5 Å². The molecule has 0 radical (unpaired) electrons. The molecule has 2 heterocycles. The van der Waals surface area contributed by atoms with Crippen molar-refractivity contribution in [2.75, 3.05) is 18.0 Å². The SMILES string of the molecule is Cc1cccc(Cn2cccc(C(=O)N3CCNCc4ccccc43)c2=O)c1. The summed E-state index contributed by atoms with van der Waals surface area (Å²) in [7, 11) is 0. The van der Waals surface area contributed by atoms with Gasteiger partial charge in [0.25, 0.3) is 11.5 Å². The van der Waals surface area contributed by atoms with E-state index < -0.39 is 0 Å². The Labute approximate surface area is 164 Å². The number of hydrogen-bond donors (Lipinski definition) is 1. The number of carbonyl (C=O) groups is 1. The lowest BCUT2D eigenvalue weighted by Gasteiger charge is -2.22. The van der Waals surface area contributed by atoms with E-state index in [1.54, 1.807) is 27.8 Å². The van der Waals surface area contributed by atoms with Gasteiger partial charge in [-0.2, -0.15) is 0 Å². The smallest absolute Gasteiger partial charge is 0.263 e. The van der Waals surface area contributed by atoms with E-state index in [-0.39, 0.29) is 17.0 Å². The van der Waals surface area contributed by atoms with E-state index in [9.17, 15) is 9.59 Å². The lowest BCUT2D eigenvalue weighted by atomic mass is 10.1. The van der Waals surface area contributed by atoms with Gasteiger partial charge in [-0.05, 0) is 36.2 Å². The molecule has 1 N–H and O–H groups in total. The van der Waals surface area contributed by atoms with Gasteiger partial charge in [0.15, 0.2) is 0 Å². The fourth-order valence-electron chi connectivity index (χ4n) is 3.65. The second-order valence-electron chi connectivity index (χ2n) is 7.11. The van der Waals surface area contributed by atoms with Crippen LogP contribution in [0.3, 0.4) is 0 Å². The zero-order chi connectivity index (χ0) is 19.5. The van der Waals surface area contributed by atoms with Crippen LogP contribution in [-0.4, -0.2) is 23.6 Å². The van der Waals surface area contributed by atoms with Crippen molar-refractivity contribution in [2.24, 2.45) is 0 Å². The summed E-state index contributed by atoms with van der Waals surface area (Å²) in [4.78, 5) is 28.0. The molecule has 1 aromatic heterocycles. The molecule has 0 unspecified atom stereocenters. The molecule has 5 nitrogen and oxygen atoms in total. The maximum absolute atomic E-state index is 13.3. The van der Waals surface area contributed by atoms with Crippen LogP contribution in [0.4, 0.5) is 5.69 Å². The highest BCUT2D eigenvalue weighted by atomic mass is 16.2. The Kier molecular flexibility index (Phi) is 5.08. The highest BCUT2D eigenvalue weighted by Crippen LogP contribution is 2.23. The van der Waals surface area contributed by atoms with E-state index in [1.165, 1.54) is 0 Å². The molecule has 0 atom stereocenters. The number of nitrogens with zero attached hydrogens (tertiary/aromatic N) is 2. The van der Waals surface area contributed by atoms with Crippen molar-refractivity contribution in [1.29, 1.82) is 0 Å². The lowest BCUT2D eigenvalue weighted by molar-refractivity contribution is 0.0985. The van der Waals surface area contributed by atoms with E-state index in [0.717, 1.165) is 22.4 Å². The lowest BCUT2D eigenvalue weighted by Crippen LogP contribution is -2.39. The molecule has 1 aliphatic heterocycles. The Bertz CT molecular complexity index is 1070. The topological polar surface area (TPSA) is 54.3 Å². The molecule has 0 saturated heterocycles. The third kappa shape index (κ3) is 3.62. The van der Waals surface area contributed by atoms with Crippen LogP contribution in [0, 0.1) is 6.92 Å². The Balaban J connectivity index is 1.68. The van der Waals surface area contributed by atoms with Crippen molar-refractivity contribution in [3.63, 3.8) is 0 Å². The second kappa shape index (κ2) is 7.82. The number of anilines is 1. The predicted molar refractivity (Wildman–Crippen MR) is 111 cm³/mol. The molecular weight excluding hydrogens is 350 g/mol. The third-order valence-electron chi connectivity index (χ3n) is 5.04. The molecule has 0 spiro atoms. The molecule has 142 valence electrons. The standard InChI is InChI=1S/C23H23N3O2/c1-17-6-4-7-18(14-17)16-25-12-5-9-20(22(25)27)23(28)26-13-11-24-15-19-8-2-3-10-21(19)26/h2-10,12,14,24H,11,13,15-16H2,1H3. The molecule has 0 fully saturated rings. The first-order valence-corrected chi connectivity index (χ1v) is 9.49. The van der Waals surface area contributed by atoms with Crippen LogP contribution >= 0.6 is 0 Å². The molecule has 0 bridgehead atoms. The predicted octanol–water partition coefficient (Wildman–Crippen LogP) is 2.96. The number of fused-ring (bicyclic) bond motifs is 1. The number of aromatic nitrogens is 1. The quantitative estimate of drug-likeness (QED) is 0.768. The van der Waals surface area contributed by atoms with Crippen LogP contribution in [0.5, 0.6) is 0 Å². The largest absolute Gasteiger partial charge is 0.311 e. The first kappa shape index (κ1) is 18.2. The minimum absolute atomic E-state index is 0.201. The average Bonchev–Trinajstić information content (AvgIpc) is 2.92. The number of carbonyl (C=O) groups excluding carboxylic acids is 1. The van der Waals surface area contributed by atoms with Gasteiger partial charge < -0.3 is 14.8 Å². The zero-order valence-corrected chi connectivity index (χ0v) is 15.9. The van der Waals surface area contributed by atoms with Crippen LogP contribution < -0.4 is 15.8 Å². The molecule has 0 aliphatic carbocycles. The molecule has 1 amide bonds. The molecule has 5 heteroatoms. The number of aryl methyl sites for hydroxylation is 1. The van der Waals surface area contributed by atoms with E-state index in [0.29, 0.717) is 26.2 Å². The van der Waals surface area contributed by atoms with Gasteiger partial charge >= 0.3 is 0 Å². The maximum Gasteiger partial charge on any atom is 0.263 e. The molecule has 2 aromatic carbocycles. The second-order valence-corrected chi connectivity index (χ2v) is 7.11. The van der Waals surface area contributed by atoms with Gasteiger partial charge in [0.05, 0.1) is 6.54 Å². The fraction of sp³-hybridized carbons (Fsp3) is 0.217. The summed E-state index contributed by atoms with van der Waals surface area (Å²) < 4.78 is 1.60. The minimum atomic E-state index is -0.260. The molecule has 3 aromatic rings. The summed E-state index contributed by atoms with van der Waals surface area (Å²) in [6.07, 6.45) is 1.74. The highest BCUT2D eigenvalue weighted by Gasteiger charge is 2.24. The van der Waals surface area contributed by atoms with Crippen molar-refractivity contribution in [2.45, 2.75) is 20.0 Å². The van der Waals surface area contributed by atoms with Gasteiger partial charge in [-0.1, -0.05) is 48.0 Å². The number of amides is 1. The van der Waals surface area contributed by atoms with Crippen molar-refractivity contribution >= 4 is 11.6 Å². The van der Waals surface area contributed by atoms with E-state index >= 15 is 0 Å². The minimum Gasteiger partial charge on any atom is -0.311 e. The molecule has 4 rings (SSSR count). The van der Waals surface area contributed by atoms with E-state index in [4.69, 9.17) is 0 Å². The fourth-order valence-corrected chi connectivity index (χ4v) is 3.65. The first-order chi connectivity index (χ1) is 13.6. The number of benzene rings is 2. The maximum atomic E-state index is 13.3. The monoisotopic (exact) mass is 373 g/mol. The number of rotatable bonds is 3. The Morgan fingerprint density at radius 3 is 2.79 bits per heavy atom. The van der Waals surface area contributed by atoms with Crippen molar-refractivity contribution in [3.8, 4) is 0 Å². The van der Waals surface area contributed by atoms with E-state index in [2.05, 4.69) is 11.4 Å². The zero-order valence-electron chi connectivity index (χ0n) is 15.9. The Hall–Kier alpha value is -3.18. The van der Waals surface area contributed by atoms with Crippen molar-refractivity contribution in [1.82, 2.24) is 9.88 Å². The van der Waals surface area contributed by atoms with Crippen LogP contribution in [0.15, 0.2) is 71.7 Å². The normalized spacial score (nSPS) is 13.7. The molecular formula is C23H23N3O2. The van der Waals surface area contributed by atoms with Gasteiger partial charge in [0.1, 0.15) is 5.56 Å². The molecule has 1 aliphatic rings.